The lowest BCUT2D eigenvalue weighted by Crippen LogP contribution is -2.52. The topological polar surface area (TPSA) is 52.7 Å². The normalized spacial score (nSPS) is 29.8. The third-order valence-corrected chi connectivity index (χ3v) is 6.74. The van der Waals surface area contributed by atoms with E-state index in [4.69, 9.17) is 0 Å². The van der Waals surface area contributed by atoms with Gasteiger partial charge < -0.3 is 10.2 Å². The Morgan fingerprint density at radius 2 is 1.48 bits per heavy atom. The van der Waals surface area contributed by atoms with Gasteiger partial charge in [0, 0.05) is 37.6 Å². The molecule has 2 saturated heterocycles. The summed E-state index contributed by atoms with van der Waals surface area (Å²) in [6.45, 7) is 3.86. The Balaban J connectivity index is 1.25. The summed E-state index contributed by atoms with van der Waals surface area (Å²) in [5.74, 6) is 1.19. The van der Waals surface area contributed by atoms with Gasteiger partial charge in [0.05, 0.1) is 5.92 Å². The molecule has 0 bridgehead atoms. The Hall–Kier alpha value is -1.10. The van der Waals surface area contributed by atoms with Crippen molar-refractivity contribution >= 4 is 11.8 Å². The quantitative estimate of drug-likeness (QED) is 0.848. The molecule has 2 amide bonds. The number of nitrogens with zero attached hydrogens (tertiary/aromatic N) is 2. The van der Waals surface area contributed by atoms with E-state index in [1.165, 1.54) is 12.8 Å². The zero-order valence-corrected chi connectivity index (χ0v) is 15.4. The molecule has 2 saturated carbocycles. The van der Waals surface area contributed by atoms with Crippen molar-refractivity contribution in [2.45, 2.75) is 76.3 Å². The molecule has 0 radical (unpaired) electrons. The van der Waals surface area contributed by atoms with Crippen LogP contribution in [-0.4, -0.2) is 59.9 Å². The number of nitrogens with one attached hydrogen (secondary N) is 1. The predicted octanol–water partition coefficient (Wildman–Crippen LogP) is 2.16. The van der Waals surface area contributed by atoms with Crippen molar-refractivity contribution in [2.24, 2.45) is 11.8 Å². The second-order valence-corrected chi connectivity index (χ2v) is 8.65. The molecule has 0 spiro atoms. The van der Waals surface area contributed by atoms with Crippen molar-refractivity contribution in [1.82, 2.24) is 15.1 Å². The molecule has 2 heterocycles. The summed E-state index contributed by atoms with van der Waals surface area (Å²) in [7, 11) is 0. The Bertz CT molecular complexity index is 491. The van der Waals surface area contributed by atoms with E-state index in [0.29, 0.717) is 23.9 Å². The number of carbonyl (C=O) groups is 2. The molecule has 2 aliphatic heterocycles. The number of hydrogen-bond donors (Lipinski definition) is 1. The van der Waals surface area contributed by atoms with Gasteiger partial charge in [-0.2, -0.15) is 0 Å². The van der Waals surface area contributed by atoms with E-state index in [1.807, 2.05) is 0 Å². The highest BCUT2D eigenvalue weighted by Crippen LogP contribution is 2.32. The van der Waals surface area contributed by atoms with E-state index in [9.17, 15) is 9.59 Å². The van der Waals surface area contributed by atoms with Crippen molar-refractivity contribution in [3.8, 4) is 0 Å². The molecule has 0 aromatic heterocycles. The fourth-order valence-electron chi connectivity index (χ4n) is 4.98. The lowest BCUT2D eigenvalue weighted by Gasteiger charge is -2.42. The third-order valence-electron chi connectivity index (χ3n) is 6.74. The minimum Gasteiger partial charge on any atom is -0.353 e. The summed E-state index contributed by atoms with van der Waals surface area (Å²) < 4.78 is 0. The Labute approximate surface area is 151 Å². The number of hydrogen-bond acceptors (Lipinski definition) is 3. The number of amides is 2. The van der Waals surface area contributed by atoms with E-state index in [-0.39, 0.29) is 11.8 Å². The van der Waals surface area contributed by atoms with Crippen LogP contribution in [0.15, 0.2) is 0 Å². The first-order chi connectivity index (χ1) is 12.2. The third kappa shape index (κ3) is 4.18. The predicted molar refractivity (Wildman–Crippen MR) is 97.0 cm³/mol. The van der Waals surface area contributed by atoms with Crippen LogP contribution < -0.4 is 5.32 Å². The molecule has 2 aliphatic carbocycles. The first-order valence-electron chi connectivity index (χ1n) is 10.5. The molecule has 0 unspecified atom stereocenters. The zero-order chi connectivity index (χ0) is 17.2. The number of likely N-dealkylation sites (tertiary alicyclic amines) is 2. The summed E-state index contributed by atoms with van der Waals surface area (Å²) in [6.07, 6.45) is 11.4. The second kappa shape index (κ2) is 7.65. The van der Waals surface area contributed by atoms with E-state index in [2.05, 4.69) is 15.1 Å². The van der Waals surface area contributed by atoms with Gasteiger partial charge >= 0.3 is 0 Å². The molecule has 5 nitrogen and oxygen atoms in total. The van der Waals surface area contributed by atoms with Gasteiger partial charge in [-0.05, 0) is 57.9 Å². The highest BCUT2D eigenvalue weighted by atomic mass is 16.2. The maximum atomic E-state index is 12.6. The van der Waals surface area contributed by atoms with Gasteiger partial charge in [0.2, 0.25) is 11.8 Å². The average Bonchev–Trinajstić information content (AvgIpc) is 3.39. The average molecular weight is 348 g/mol. The van der Waals surface area contributed by atoms with Crippen LogP contribution in [-0.2, 0) is 9.59 Å². The molecular weight excluding hydrogens is 314 g/mol. The number of carbonyl (C=O) groups excluding carboxylic acids is 2. The van der Waals surface area contributed by atoms with Crippen molar-refractivity contribution in [3.63, 3.8) is 0 Å². The Morgan fingerprint density at radius 1 is 0.760 bits per heavy atom. The molecular formula is C20H33N3O2. The minimum absolute atomic E-state index is 0.167. The van der Waals surface area contributed by atoms with E-state index < -0.39 is 0 Å². The maximum Gasteiger partial charge on any atom is 0.225 e. The minimum atomic E-state index is 0.167. The lowest BCUT2D eigenvalue weighted by atomic mass is 9.93. The molecule has 0 aromatic rings. The fourth-order valence-corrected chi connectivity index (χ4v) is 4.98. The molecule has 4 fully saturated rings. The monoisotopic (exact) mass is 347 g/mol. The lowest BCUT2D eigenvalue weighted by molar-refractivity contribution is -0.134. The largest absolute Gasteiger partial charge is 0.353 e. The number of rotatable bonds is 4. The summed E-state index contributed by atoms with van der Waals surface area (Å²) in [6, 6.07) is 0.991. The van der Waals surface area contributed by atoms with Crippen molar-refractivity contribution in [2.75, 3.05) is 26.2 Å². The molecule has 0 aromatic carbocycles. The summed E-state index contributed by atoms with van der Waals surface area (Å²) in [5, 5.41) is 3.29. The SMILES string of the molecule is O=C(NC1CCCC1)[C@H]1CCCN(C2CCN(C(=O)C3CC3)CC2)C1. The first kappa shape index (κ1) is 17.3. The van der Waals surface area contributed by atoms with Crippen LogP contribution in [0.25, 0.3) is 0 Å². The standard InChI is InChI=1S/C20H33N3O2/c24-19(21-17-5-1-2-6-17)16-4-3-11-23(14-16)18-9-12-22(13-10-18)20(25)15-7-8-15/h15-18H,1-14H2,(H,21,24)/t16-/m0/s1. The van der Waals surface area contributed by atoms with Gasteiger partial charge in [-0.15, -0.1) is 0 Å². The van der Waals surface area contributed by atoms with E-state index in [0.717, 1.165) is 77.5 Å². The van der Waals surface area contributed by atoms with Gasteiger partial charge in [0.15, 0.2) is 0 Å². The van der Waals surface area contributed by atoms with E-state index >= 15 is 0 Å². The summed E-state index contributed by atoms with van der Waals surface area (Å²) in [5.41, 5.74) is 0. The van der Waals surface area contributed by atoms with Crippen molar-refractivity contribution in [3.05, 3.63) is 0 Å². The number of piperidine rings is 2. The van der Waals surface area contributed by atoms with Gasteiger partial charge in [-0.25, -0.2) is 0 Å². The molecule has 25 heavy (non-hydrogen) atoms. The highest BCUT2D eigenvalue weighted by Gasteiger charge is 2.37. The second-order valence-electron chi connectivity index (χ2n) is 8.65. The molecule has 5 heteroatoms. The van der Waals surface area contributed by atoms with Gasteiger partial charge in [-0.1, -0.05) is 12.8 Å². The van der Waals surface area contributed by atoms with Crippen LogP contribution in [0.4, 0.5) is 0 Å². The molecule has 1 atom stereocenters. The van der Waals surface area contributed by atoms with Crippen LogP contribution >= 0.6 is 0 Å². The van der Waals surface area contributed by atoms with Crippen molar-refractivity contribution in [1.29, 1.82) is 0 Å². The van der Waals surface area contributed by atoms with Crippen LogP contribution in [0.3, 0.4) is 0 Å². The van der Waals surface area contributed by atoms with Crippen LogP contribution in [0.5, 0.6) is 0 Å². The van der Waals surface area contributed by atoms with Gasteiger partial charge in [0.25, 0.3) is 0 Å². The van der Waals surface area contributed by atoms with Gasteiger partial charge in [0.1, 0.15) is 0 Å². The summed E-state index contributed by atoms with van der Waals surface area (Å²) in [4.78, 5) is 29.5. The Morgan fingerprint density at radius 3 is 2.16 bits per heavy atom. The van der Waals surface area contributed by atoms with Crippen LogP contribution in [0, 0.1) is 11.8 Å². The highest BCUT2D eigenvalue weighted by molar-refractivity contribution is 5.81. The van der Waals surface area contributed by atoms with Gasteiger partial charge in [-0.3, -0.25) is 14.5 Å². The molecule has 4 rings (SSSR count). The van der Waals surface area contributed by atoms with Crippen LogP contribution in [0.2, 0.25) is 0 Å². The van der Waals surface area contributed by atoms with Crippen LogP contribution in [0.1, 0.15) is 64.2 Å². The summed E-state index contributed by atoms with van der Waals surface area (Å²) >= 11 is 0. The smallest absolute Gasteiger partial charge is 0.225 e. The Kier molecular flexibility index (Phi) is 5.30. The van der Waals surface area contributed by atoms with E-state index in [1.54, 1.807) is 0 Å². The van der Waals surface area contributed by atoms with Crippen molar-refractivity contribution < 1.29 is 9.59 Å². The zero-order valence-electron chi connectivity index (χ0n) is 15.4. The fraction of sp³-hybridized carbons (Fsp3) is 0.900. The molecule has 140 valence electrons. The maximum absolute atomic E-state index is 12.6. The molecule has 1 N–H and O–H groups in total. The molecule has 4 aliphatic rings. The first-order valence-corrected chi connectivity index (χ1v) is 10.5.